The van der Waals surface area contributed by atoms with E-state index in [1.165, 1.54) is 0 Å². The molecule has 2 heterocycles. The first-order valence-electron chi connectivity index (χ1n) is 6.49. The molecule has 5 nitrogen and oxygen atoms in total. The largest absolute Gasteiger partial charge is 0.467 e. The van der Waals surface area contributed by atoms with Crippen molar-refractivity contribution in [2.24, 2.45) is 7.05 Å². The van der Waals surface area contributed by atoms with Crippen LogP contribution >= 0.6 is 0 Å². The summed E-state index contributed by atoms with van der Waals surface area (Å²) in [6, 6.07) is 12.0. The highest BCUT2D eigenvalue weighted by molar-refractivity contribution is 5.73. The van der Waals surface area contributed by atoms with Gasteiger partial charge in [0.2, 0.25) is 0 Å². The smallest absolute Gasteiger partial charge is 0.165 e. The average Bonchev–Trinajstić information content (AvgIpc) is 3.10. The number of hydrogen-bond acceptors (Lipinski definition) is 4. The fraction of sp³-hybridized carbons (Fsp3) is 0.200. The molecule has 1 atom stereocenters. The zero-order valence-electron chi connectivity index (χ0n) is 11.4. The van der Waals surface area contributed by atoms with E-state index in [9.17, 15) is 0 Å². The SMILES string of the molecule is CC(Nc1ccccc1-c1nncn1C)c1ccco1. The van der Waals surface area contributed by atoms with Crippen LogP contribution in [0, 0.1) is 0 Å². The van der Waals surface area contributed by atoms with Gasteiger partial charge in [-0.25, -0.2) is 0 Å². The molecule has 0 aliphatic heterocycles. The van der Waals surface area contributed by atoms with Gasteiger partial charge in [0.15, 0.2) is 5.82 Å². The summed E-state index contributed by atoms with van der Waals surface area (Å²) in [5, 5.41) is 11.6. The Hall–Kier alpha value is -2.56. The van der Waals surface area contributed by atoms with E-state index in [0.29, 0.717) is 0 Å². The molecule has 0 fully saturated rings. The van der Waals surface area contributed by atoms with Gasteiger partial charge in [0.05, 0.1) is 12.3 Å². The van der Waals surface area contributed by atoms with Crippen molar-refractivity contribution in [3.63, 3.8) is 0 Å². The number of aromatic nitrogens is 3. The standard InChI is InChI=1S/C15H16N4O/c1-11(14-8-5-9-20-14)17-13-7-4-3-6-12(13)15-18-16-10-19(15)2/h3-11,17H,1-2H3. The van der Waals surface area contributed by atoms with Gasteiger partial charge in [0.1, 0.15) is 12.1 Å². The number of rotatable bonds is 4. The van der Waals surface area contributed by atoms with Gasteiger partial charge in [-0.05, 0) is 31.2 Å². The monoisotopic (exact) mass is 268 g/mol. The molecule has 0 aliphatic carbocycles. The van der Waals surface area contributed by atoms with Crippen molar-refractivity contribution in [1.82, 2.24) is 14.8 Å². The number of nitrogens with zero attached hydrogens (tertiary/aromatic N) is 3. The Kier molecular flexibility index (Phi) is 3.25. The summed E-state index contributed by atoms with van der Waals surface area (Å²) in [7, 11) is 1.93. The van der Waals surface area contributed by atoms with E-state index < -0.39 is 0 Å². The van der Waals surface area contributed by atoms with Crippen LogP contribution in [-0.4, -0.2) is 14.8 Å². The first-order chi connectivity index (χ1) is 9.75. The van der Waals surface area contributed by atoms with Gasteiger partial charge in [0, 0.05) is 18.3 Å². The molecule has 0 bridgehead atoms. The van der Waals surface area contributed by atoms with Crippen LogP contribution < -0.4 is 5.32 Å². The van der Waals surface area contributed by atoms with Gasteiger partial charge in [-0.1, -0.05) is 12.1 Å². The summed E-state index contributed by atoms with van der Waals surface area (Å²) in [5.41, 5.74) is 2.03. The van der Waals surface area contributed by atoms with E-state index in [4.69, 9.17) is 4.42 Å². The summed E-state index contributed by atoms with van der Waals surface area (Å²) < 4.78 is 7.33. The van der Waals surface area contributed by atoms with E-state index in [2.05, 4.69) is 22.4 Å². The molecule has 1 aromatic carbocycles. The zero-order chi connectivity index (χ0) is 13.9. The lowest BCUT2D eigenvalue weighted by Crippen LogP contribution is -2.07. The quantitative estimate of drug-likeness (QED) is 0.789. The Morgan fingerprint density at radius 3 is 2.75 bits per heavy atom. The van der Waals surface area contributed by atoms with Gasteiger partial charge in [-0.15, -0.1) is 10.2 Å². The Morgan fingerprint density at radius 2 is 2.05 bits per heavy atom. The molecular weight excluding hydrogens is 252 g/mol. The van der Waals surface area contributed by atoms with Crippen LogP contribution in [0.25, 0.3) is 11.4 Å². The predicted octanol–water partition coefficient (Wildman–Crippen LogP) is 3.25. The molecule has 0 amide bonds. The van der Waals surface area contributed by atoms with Gasteiger partial charge >= 0.3 is 0 Å². The third kappa shape index (κ3) is 2.30. The normalized spacial score (nSPS) is 12.3. The fourth-order valence-electron chi connectivity index (χ4n) is 2.17. The number of aryl methyl sites for hydroxylation is 1. The van der Waals surface area contributed by atoms with Crippen molar-refractivity contribution in [2.45, 2.75) is 13.0 Å². The van der Waals surface area contributed by atoms with Crippen LogP contribution in [-0.2, 0) is 7.05 Å². The molecule has 0 aliphatic rings. The molecule has 3 aromatic rings. The molecule has 0 saturated heterocycles. The average molecular weight is 268 g/mol. The molecule has 3 rings (SSSR count). The number of benzene rings is 1. The lowest BCUT2D eigenvalue weighted by molar-refractivity contribution is 0.490. The van der Waals surface area contributed by atoms with Crippen LogP contribution in [0.3, 0.4) is 0 Å². The minimum absolute atomic E-state index is 0.0828. The zero-order valence-corrected chi connectivity index (χ0v) is 11.4. The van der Waals surface area contributed by atoms with Crippen molar-refractivity contribution in [3.05, 3.63) is 54.7 Å². The second-order valence-corrected chi connectivity index (χ2v) is 4.69. The number of hydrogen-bond donors (Lipinski definition) is 1. The number of para-hydroxylation sites is 1. The minimum Gasteiger partial charge on any atom is -0.467 e. The second kappa shape index (κ2) is 5.21. The van der Waals surface area contributed by atoms with Crippen molar-refractivity contribution >= 4 is 5.69 Å². The summed E-state index contributed by atoms with van der Waals surface area (Å²) in [4.78, 5) is 0. The highest BCUT2D eigenvalue weighted by Crippen LogP contribution is 2.29. The fourth-order valence-corrected chi connectivity index (χ4v) is 2.17. The molecule has 1 unspecified atom stereocenters. The third-order valence-electron chi connectivity index (χ3n) is 3.22. The minimum atomic E-state index is 0.0828. The lowest BCUT2D eigenvalue weighted by atomic mass is 10.1. The van der Waals surface area contributed by atoms with Gasteiger partial charge in [-0.2, -0.15) is 0 Å². The van der Waals surface area contributed by atoms with Crippen molar-refractivity contribution < 1.29 is 4.42 Å². The molecule has 0 radical (unpaired) electrons. The van der Waals surface area contributed by atoms with E-state index in [-0.39, 0.29) is 6.04 Å². The summed E-state index contributed by atoms with van der Waals surface area (Å²) in [6.45, 7) is 2.06. The van der Waals surface area contributed by atoms with E-state index >= 15 is 0 Å². The lowest BCUT2D eigenvalue weighted by Gasteiger charge is -2.16. The Morgan fingerprint density at radius 1 is 1.20 bits per heavy atom. The molecular formula is C15H16N4O. The molecule has 5 heteroatoms. The molecule has 20 heavy (non-hydrogen) atoms. The third-order valence-corrected chi connectivity index (χ3v) is 3.22. The number of furan rings is 1. The molecule has 0 saturated carbocycles. The van der Waals surface area contributed by atoms with E-state index in [1.54, 1.807) is 12.6 Å². The summed E-state index contributed by atoms with van der Waals surface area (Å²) >= 11 is 0. The molecule has 102 valence electrons. The van der Waals surface area contributed by atoms with Crippen molar-refractivity contribution in [1.29, 1.82) is 0 Å². The van der Waals surface area contributed by atoms with Crippen LogP contribution in [0.2, 0.25) is 0 Å². The van der Waals surface area contributed by atoms with Crippen molar-refractivity contribution in [2.75, 3.05) is 5.32 Å². The van der Waals surface area contributed by atoms with Gasteiger partial charge in [0.25, 0.3) is 0 Å². The number of anilines is 1. The Labute approximate surface area is 117 Å². The maximum Gasteiger partial charge on any atom is 0.165 e. The maximum absolute atomic E-state index is 5.43. The predicted molar refractivity (Wildman–Crippen MR) is 77.2 cm³/mol. The van der Waals surface area contributed by atoms with E-state index in [1.807, 2.05) is 48.0 Å². The molecule has 0 spiro atoms. The van der Waals surface area contributed by atoms with Crippen LogP contribution in [0.1, 0.15) is 18.7 Å². The van der Waals surface area contributed by atoms with E-state index in [0.717, 1.165) is 22.8 Å². The first-order valence-corrected chi connectivity index (χ1v) is 6.49. The van der Waals surface area contributed by atoms with Crippen LogP contribution in [0.4, 0.5) is 5.69 Å². The van der Waals surface area contributed by atoms with Crippen LogP contribution in [0.5, 0.6) is 0 Å². The molecule has 2 aromatic heterocycles. The number of nitrogens with one attached hydrogen (secondary N) is 1. The van der Waals surface area contributed by atoms with Crippen molar-refractivity contribution in [3.8, 4) is 11.4 Å². The van der Waals surface area contributed by atoms with Gasteiger partial charge in [-0.3, -0.25) is 0 Å². The second-order valence-electron chi connectivity index (χ2n) is 4.69. The Balaban J connectivity index is 1.93. The maximum atomic E-state index is 5.43. The summed E-state index contributed by atoms with van der Waals surface area (Å²) in [6.07, 6.45) is 3.38. The van der Waals surface area contributed by atoms with Crippen LogP contribution in [0.15, 0.2) is 53.4 Å². The van der Waals surface area contributed by atoms with Gasteiger partial charge < -0.3 is 14.3 Å². The summed E-state index contributed by atoms with van der Waals surface area (Å²) in [5.74, 6) is 1.73. The Bertz CT molecular complexity index is 687. The highest BCUT2D eigenvalue weighted by atomic mass is 16.3. The first kappa shape index (κ1) is 12.5. The highest BCUT2D eigenvalue weighted by Gasteiger charge is 2.13. The topological polar surface area (TPSA) is 55.9 Å². The molecule has 1 N–H and O–H groups in total.